The normalized spacial score (nSPS) is 12.1. The van der Waals surface area contributed by atoms with E-state index in [2.05, 4.69) is 5.32 Å². The monoisotopic (exact) mass is 290 g/mol. The number of thioether (sulfide) groups is 1. The largest absolute Gasteiger partial charge is 0.467 e. The predicted octanol–water partition coefficient (Wildman–Crippen LogP) is 3.14. The van der Waals surface area contributed by atoms with Crippen LogP contribution in [0.5, 0.6) is 0 Å². The minimum Gasteiger partial charge on any atom is -0.467 e. The molecule has 1 unspecified atom stereocenters. The Morgan fingerprint density at radius 2 is 2.25 bits per heavy atom. The van der Waals surface area contributed by atoms with Crippen molar-refractivity contribution in [1.82, 2.24) is 5.32 Å². The first-order valence-corrected chi connectivity index (χ1v) is 7.36. The summed E-state index contributed by atoms with van der Waals surface area (Å²) in [6.07, 6.45) is 1.60. The van der Waals surface area contributed by atoms with Gasteiger partial charge in [0.2, 0.25) is 5.91 Å². The summed E-state index contributed by atoms with van der Waals surface area (Å²) < 4.78 is 5.25. The van der Waals surface area contributed by atoms with E-state index in [-0.39, 0.29) is 11.9 Å². The lowest BCUT2D eigenvalue weighted by Gasteiger charge is -2.11. The van der Waals surface area contributed by atoms with Gasteiger partial charge in [0.05, 0.1) is 18.1 Å². The van der Waals surface area contributed by atoms with Crippen LogP contribution in [0.2, 0.25) is 0 Å². The van der Waals surface area contributed by atoms with Crippen molar-refractivity contribution < 1.29 is 9.21 Å². The van der Waals surface area contributed by atoms with Gasteiger partial charge in [-0.2, -0.15) is 0 Å². The standard InChI is InChI=1S/C15H18N2O2S/c1-10-5-6-14(12(16)8-10)20-9-15(18)17-11(2)13-4-3-7-19-13/h3-8,11H,9,16H2,1-2H3,(H,17,18). The van der Waals surface area contributed by atoms with Gasteiger partial charge in [-0.1, -0.05) is 6.07 Å². The average molecular weight is 290 g/mol. The molecular formula is C15H18N2O2S. The lowest BCUT2D eigenvalue weighted by Crippen LogP contribution is -2.27. The number of amides is 1. The highest BCUT2D eigenvalue weighted by molar-refractivity contribution is 8.00. The van der Waals surface area contributed by atoms with Gasteiger partial charge >= 0.3 is 0 Å². The second kappa shape index (κ2) is 6.52. The Balaban J connectivity index is 1.86. The van der Waals surface area contributed by atoms with Crippen molar-refractivity contribution in [3.8, 4) is 0 Å². The third-order valence-corrected chi connectivity index (χ3v) is 3.96. The molecule has 1 heterocycles. The van der Waals surface area contributed by atoms with E-state index in [9.17, 15) is 4.79 Å². The van der Waals surface area contributed by atoms with Gasteiger partial charge in [0.1, 0.15) is 5.76 Å². The van der Waals surface area contributed by atoms with Crippen LogP contribution in [0.3, 0.4) is 0 Å². The fraction of sp³-hybridized carbons (Fsp3) is 0.267. The first kappa shape index (κ1) is 14.5. The summed E-state index contributed by atoms with van der Waals surface area (Å²) in [4.78, 5) is 12.8. The van der Waals surface area contributed by atoms with Crippen LogP contribution in [0.1, 0.15) is 24.3 Å². The summed E-state index contributed by atoms with van der Waals surface area (Å²) in [7, 11) is 0. The molecule has 3 N–H and O–H groups in total. The Hall–Kier alpha value is -1.88. The maximum absolute atomic E-state index is 11.9. The van der Waals surface area contributed by atoms with Crippen molar-refractivity contribution in [1.29, 1.82) is 0 Å². The minimum absolute atomic E-state index is 0.0427. The number of hydrogen-bond acceptors (Lipinski definition) is 4. The van der Waals surface area contributed by atoms with Crippen LogP contribution >= 0.6 is 11.8 Å². The Bertz CT molecular complexity index is 582. The molecule has 1 aromatic heterocycles. The fourth-order valence-electron chi connectivity index (χ4n) is 1.83. The van der Waals surface area contributed by atoms with Crippen LogP contribution in [0.15, 0.2) is 45.9 Å². The summed E-state index contributed by atoms with van der Waals surface area (Å²) in [5, 5.41) is 2.89. The van der Waals surface area contributed by atoms with Gasteiger partial charge in [-0.3, -0.25) is 4.79 Å². The topological polar surface area (TPSA) is 68.3 Å². The zero-order chi connectivity index (χ0) is 14.5. The molecule has 0 saturated heterocycles. The zero-order valence-corrected chi connectivity index (χ0v) is 12.4. The first-order chi connectivity index (χ1) is 9.56. The van der Waals surface area contributed by atoms with Crippen molar-refractivity contribution in [2.45, 2.75) is 24.8 Å². The van der Waals surface area contributed by atoms with Gasteiger partial charge in [-0.25, -0.2) is 0 Å². The number of nitrogen functional groups attached to an aromatic ring is 1. The van der Waals surface area contributed by atoms with E-state index in [4.69, 9.17) is 10.2 Å². The zero-order valence-electron chi connectivity index (χ0n) is 11.6. The van der Waals surface area contributed by atoms with Gasteiger partial charge in [-0.05, 0) is 43.7 Å². The lowest BCUT2D eigenvalue weighted by atomic mass is 10.2. The number of carbonyl (C=O) groups excluding carboxylic acids is 1. The highest BCUT2D eigenvalue weighted by Crippen LogP contribution is 2.25. The Morgan fingerprint density at radius 1 is 1.45 bits per heavy atom. The molecule has 106 valence electrons. The molecule has 0 saturated carbocycles. The molecule has 0 bridgehead atoms. The van der Waals surface area contributed by atoms with Crippen LogP contribution in [-0.2, 0) is 4.79 Å². The summed E-state index contributed by atoms with van der Waals surface area (Å²) in [5.74, 6) is 1.04. The van der Waals surface area contributed by atoms with Crippen LogP contribution in [0.4, 0.5) is 5.69 Å². The molecule has 0 aliphatic heterocycles. The van der Waals surface area contributed by atoms with E-state index in [0.29, 0.717) is 11.4 Å². The smallest absolute Gasteiger partial charge is 0.230 e. The number of furan rings is 1. The van der Waals surface area contributed by atoms with Crippen molar-refractivity contribution in [2.24, 2.45) is 0 Å². The van der Waals surface area contributed by atoms with Crippen LogP contribution < -0.4 is 11.1 Å². The maximum atomic E-state index is 11.9. The van der Waals surface area contributed by atoms with E-state index < -0.39 is 0 Å². The number of benzene rings is 1. The fourth-order valence-corrected chi connectivity index (χ4v) is 2.59. The Kier molecular flexibility index (Phi) is 4.74. The Labute approximate surface area is 122 Å². The molecule has 2 rings (SSSR count). The summed E-state index contributed by atoms with van der Waals surface area (Å²) in [6.45, 7) is 3.88. The molecule has 0 fully saturated rings. The molecular weight excluding hydrogens is 272 g/mol. The highest BCUT2D eigenvalue weighted by Gasteiger charge is 2.12. The average Bonchev–Trinajstić information content (AvgIpc) is 2.91. The second-order valence-corrected chi connectivity index (χ2v) is 5.65. The van der Waals surface area contributed by atoms with Crippen molar-refractivity contribution >= 4 is 23.4 Å². The number of aryl methyl sites for hydroxylation is 1. The number of anilines is 1. The molecule has 5 heteroatoms. The molecule has 0 aliphatic rings. The molecule has 0 spiro atoms. The summed E-state index contributed by atoms with van der Waals surface area (Å²) in [5.41, 5.74) is 7.74. The van der Waals surface area contributed by atoms with Gasteiger partial charge in [0.25, 0.3) is 0 Å². The van der Waals surface area contributed by atoms with E-state index in [1.165, 1.54) is 11.8 Å². The number of hydrogen-bond donors (Lipinski definition) is 2. The Morgan fingerprint density at radius 3 is 2.90 bits per heavy atom. The number of carbonyl (C=O) groups is 1. The van der Waals surface area contributed by atoms with E-state index in [1.807, 2.05) is 38.1 Å². The van der Waals surface area contributed by atoms with Crippen LogP contribution in [0.25, 0.3) is 0 Å². The van der Waals surface area contributed by atoms with Crippen LogP contribution in [-0.4, -0.2) is 11.7 Å². The minimum atomic E-state index is -0.131. The summed E-state index contributed by atoms with van der Waals surface area (Å²) in [6, 6.07) is 9.36. The van der Waals surface area contributed by atoms with E-state index in [0.717, 1.165) is 16.2 Å². The van der Waals surface area contributed by atoms with E-state index in [1.54, 1.807) is 12.3 Å². The summed E-state index contributed by atoms with van der Waals surface area (Å²) >= 11 is 1.44. The first-order valence-electron chi connectivity index (χ1n) is 6.38. The predicted molar refractivity (Wildman–Crippen MR) is 81.6 cm³/mol. The number of nitrogens with one attached hydrogen (secondary N) is 1. The molecule has 20 heavy (non-hydrogen) atoms. The second-order valence-electron chi connectivity index (χ2n) is 4.63. The third kappa shape index (κ3) is 3.81. The highest BCUT2D eigenvalue weighted by atomic mass is 32.2. The molecule has 4 nitrogen and oxygen atoms in total. The maximum Gasteiger partial charge on any atom is 0.230 e. The van der Waals surface area contributed by atoms with Crippen LogP contribution in [0, 0.1) is 6.92 Å². The van der Waals surface area contributed by atoms with Crippen molar-refractivity contribution in [3.63, 3.8) is 0 Å². The SMILES string of the molecule is Cc1ccc(SCC(=O)NC(C)c2ccco2)c(N)c1. The van der Waals surface area contributed by atoms with E-state index >= 15 is 0 Å². The molecule has 1 amide bonds. The molecule has 0 radical (unpaired) electrons. The quantitative estimate of drug-likeness (QED) is 0.655. The molecule has 0 aliphatic carbocycles. The van der Waals surface area contributed by atoms with Crippen molar-refractivity contribution in [3.05, 3.63) is 47.9 Å². The lowest BCUT2D eigenvalue weighted by molar-refractivity contribution is -0.119. The number of rotatable bonds is 5. The van der Waals surface area contributed by atoms with Gasteiger partial charge in [0.15, 0.2) is 0 Å². The van der Waals surface area contributed by atoms with Gasteiger partial charge in [-0.15, -0.1) is 11.8 Å². The molecule has 1 atom stereocenters. The third-order valence-electron chi connectivity index (χ3n) is 2.87. The molecule has 2 aromatic rings. The van der Waals surface area contributed by atoms with Gasteiger partial charge in [0, 0.05) is 10.6 Å². The van der Waals surface area contributed by atoms with Gasteiger partial charge < -0.3 is 15.5 Å². The van der Waals surface area contributed by atoms with Crippen molar-refractivity contribution in [2.75, 3.05) is 11.5 Å². The number of nitrogens with two attached hydrogens (primary N) is 1. The molecule has 1 aromatic carbocycles.